The first-order chi connectivity index (χ1) is 20.0. The van der Waals surface area contributed by atoms with Gasteiger partial charge in [0.2, 0.25) is 0 Å². The first kappa shape index (κ1) is 29.3. The number of hydrogen-bond donors (Lipinski definition) is 2. The fourth-order valence-electron chi connectivity index (χ4n) is 7.03. The van der Waals surface area contributed by atoms with Crippen LogP contribution in [-0.4, -0.2) is 70.3 Å². The van der Waals surface area contributed by atoms with Crippen LogP contribution >= 0.6 is 0 Å². The summed E-state index contributed by atoms with van der Waals surface area (Å²) in [6.07, 6.45) is -2.53. The maximum atomic E-state index is 14.4. The quantitative estimate of drug-likeness (QED) is 0.456. The van der Waals surface area contributed by atoms with Crippen LogP contribution in [0.15, 0.2) is 36.4 Å². The maximum absolute atomic E-state index is 14.4. The number of carbonyl (C=O) groups is 1. The van der Waals surface area contributed by atoms with Crippen LogP contribution in [0.4, 0.5) is 22.0 Å². The zero-order chi connectivity index (χ0) is 29.8. The molecule has 0 radical (unpaired) electrons. The molecule has 1 aliphatic carbocycles. The van der Waals surface area contributed by atoms with Crippen LogP contribution in [0.1, 0.15) is 54.7 Å². The van der Waals surface area contributed by atoms with Gasteiger partial charge in [-0.25, -0.2) is 13.7 Å². The maximum Gasteiger partial charge on any atom is 0.416 e. The van der Waals surface area contributed by atoms with Crippen molar-refractivity contribution in [1.82, 2.24) is 9.80 Å². The summed E-state index contributed by atoms with van der Waals surface area (Å²) in [6, 6.07) is 7.17. The molecule has 0 aromatic heterocycles. The van der Waals surface area contributed by atoms with Crippen molar-refractivity contribution in [2.75, 3.05) is 26.4 Å². The zero-order valence-electron chi connectivity index (χ0n) is 22.8. The highest BCUT2D eigenvalue weighted by molar-refractivity contribution is 5.72. The molecule has 2 saturated heterocycles. The molecular weight excluding hydrogens is 563 g/mol. The molecule has 2 aromatic carbocycles. The average Bonchev–Trinajstić information content (AvgIpc) is 3.82. The smallest absolute Gasteiger partial charge is 0.416 e. The van der Waals surface area contributed by atoms with E-state index >= 15 is 0 Å². The molecule has 12 heteroatoms. The molecule has 6 rings (SSSR count). The fourth-order valence-corrected chi connectivity index (χ4v) is 7.03. The second-order valence-electron chi connectivity index (χ2n) is 12.0. The van der Waals surface area contributed by atoms with E-state index in [0.29, 0.717) is 38.4 Å². The number of aliphatic hydroxyl groups is 1. The van der Waals surface area contributed by atoms with Crippen molar-refractivity contribution in [3.05, 3.63) is 64.7 Å². The molecule has 2 N–H and O–H groups in total. The lowest BCUT2D eigenvalue weighted by Crippen LogP contribution is -2.61. The third kappa shape index (κ3) is 5.49. The minimum Gasteiger partial charge on any atom is -0.481 e. The van der Waals surface area contributed by atoms with Crippen LogP contribution in [-0.2, 0) is 22.3 Å². The number of rotatable bonds is 6. The first-order valence-electron chi connectivity index (χ1n) is 14.3. The SMILES string of the molecule is O=C(O)[C@@H]1CN(C2CC[C@](C3CC3)(C(O)N3COc4c(F)cc(C(F)(F)F)cc4C3)OC2)CCC1c1ccc(F)cc1. The predicted molar refractivity (Wildman–Crippen MR) is 139 cm³/mol. The van der Waals surface area contributed by atoms with Crippen molar-refractivity contribution in [1.29, 1.82) is 0 Å². The Labute approximate surface area is 239 Å². The summed E-state index contributed by atoms with van der Waals surface area (Å²) < 4.78 is 79.7. The van der Waals surface area contributed by atoms with Crippen LogP contribution in [0.25, 0.3) is 0 Å². The largest absolute Gasteiger partial charge is 0.481 e. The number of nitrogens with zero attached hydrogens (tertiary/aromatic N) is 2. The number of likely N-dealkylation sites (tertiary alicyclic amines) is 1. The summed E-state index contributed by atoms with van der Waals surface area (Å²) in [5.74, 6) is -3.46. The van der Waals surface area contributed by atoms with Crippen LogP contribution in [0, 0.1) is 23.5 Å². The predicted octanol–water partition coefficient (Wildman–Crippen LogP) is 4.97. The van der Waals surface area contributed by atoms with Gasteiger partial charge in [-0.1, -0.05) is 12.1 Å². The number of ether oxygens (including phenoxy) is 2. The van der Waals surface area contributed by atoms with Crippen LogP contribution in [0.2, 0.25) is 0 Å². The number of alkyl halides is 3. The van der Waals surface area contributed by atoms with Crippen molar-refractivity contribution in [2.45, 2.75) is 68.6 Å². The van der Waals surface area contributed by atoms with Crippen molar-refractivity contribution >= 4 is 5.97 Å². The Hall–Kier alpha value is -2.80. The molecule has 3 aliphatic heterocycles. The van der Waals surface area contributed by atoms with Gasteiger partial charge in [0.15, 0.2) is 11.6 Å². The number of hydrogen-bond acceptors (Lipinski definition) is 6. The number of carboxylic acid groups (broad SMARTS) is 1. The van der Waals surface area contributed by atoms with E-state index in [1.165, 1.54) is 17.0 Å². The van der Waals surface area contributed by atoms with Crippen LogP contribution in [0.3, 0.4) is 0 Å². The Morgan fingerprint density at radius 3 is 2.43 bits per heavy atom. The number of piperidine rings is 1. The number of fused-ring (bicyclic) bond motifs is 1. The molecule has 0 spiro atoms. The highest BCUT2D eigenvalue weighted by Crippen LogP contribution is 2.50. The van der Waals surface area contributed by atoms with Crippen LogP contribution in [0.5, 0.6) is 5.75 Å². The van der Waals surface area contributed by atoms with Gasteiger partial charge in [-0.3, -0.25) is 9.69 Å². The Morgan fingerprint density at radius 1 is 1.07 bits per heavy atom. The Balaban J connectivity index is 1.14. The molecule has 0 amide bonds. The lowest BCUT2D eigenvalue weighted by Gasteiger charge is -2.50. The van der Waals surface area contributed by atoms with E-state index in [1.54, 1.807) is 12.1 Å². The van der Waals surface area contributed by atoms with Gasteiger partial charge in [-0.05, 0) is 80.3 Å². The van der Waals surface area contributed by atoms with Crippen molar-refractivity contribution in [2.24, 2.45) is 11.8 Å². The minimum atomic E-state index is -4.72. The summed E-state index contributed by atoms with van der Waals surface area (Å²) >= 11 is 0. The molecular formula is C30H33F5N2O5. The molecule has 7 nitrogen and oxygen atoms in total. The van der Waals surface area contributed by atoms with E-state index < -0.39 is 41.3 Å². The topological polar surface area (TPSA) is 82.5 Å². The normalized spacial score (nSPS) is 29.9. The molecule has 3 heterocycles. The average molecular weight is 597 g/mol. The molecule has 4 aliphatic rings. The number of aliphatic hydroxyl groups excluding tert-OH is 1. The van der Waals surface area contributed by atoms with Gasteiger partial charge in [-0.2, -0.15) is 13.2 Å². The van der Waals surface area contributed by atoms with Gasteiger partial charge in [0, 0.05) is 24.7 Å². The molecule has 42 heavy (non-hydrogen) atoms. The first-order valence-corrected chi connectivity index (χ1v) is 14.3. The van der Waals surface area contributed by atoms with Gasteiger partial charge in [-0.15, -0.1) is 0 Å². The zero-order valence-corrected chi connectivity index (χ0v) is 22.8. The third-order valence-corrected chi connectivity index (χ3v) is 9.44. The van der Waals surface area contributed by atoms with Gasteiger partial charge < -0.3 is 19.7 Å². The van der Waals surface area contributed by atoms with Gasteiger partial charge >= 0.3 is 12.1 Å². The minimum absolute atomic E-state index is 0.0102. The molecule has 3 fully saturated rings. The highest BCUT2D eigenvalue weighted by Gasteiger charge is 2.56. The summed E-state index contributed by atoms with van der Waals surface area (Å²) in [4.78, 5) is 15.8. The molecule has 228 valence electrons. The summed E-state index contributed by atoms with van der Waals surface area (Å²) in [6.45, 7) is 0.890. The number of halogens is 5. The number of aliphatic carboxylic acids is 1. The van der Waals surface area contributed by atoms with Crippen molar-refractivity contribution < 1.29 is 46.4 Å². The van der Waals surface area contributed by atoms with E-state index in [-0.39, 0.29) is 54.9 Å². The Bertz CT molecular complexity index is 1310. The summed E-state index contributed by atoms with van der Waals surface area (Å²) in [7, 11) is 0. The summed E-state index contributed by atoms with van der Waals surface area (Å²) in [5, 5.41) is 21.6. The standard InChI is InChI=1S/C30H33F5N2O5/c31-21-5-1-17(2-6-21)23-8-10-36(14-24(23)27(38)39)22-7-9-29(42-15-22,19-3-4-19)28(40)37-13-18-11-20(30(33,34)35)12-25(32)26(18)41-16-37/h1-2,5-6,11-12,19,22-24,28,40H,3-4,7-10,13-16H2,(H,38,39)/t22?,23?,24-,28?,29+/m1/s1. The molecule has 0 bridgehead atoms. The number of carboxylic acids is 1. The fraction of sp³-hybridized carbons (Fsp3) is 0.567. The Morgan fingerprint density at radius 2 is 1.81 bits per heavy atom. The molecule has 1 saturated carbocycles. The highest BCUT2D eigenvalue weighted by atomic mass is 19.4. The Kier molecular flexibility index (Phi) is 7.70. The molecule has 5 atom stereocenters. The molecule has 2 aromatic rings. The van der Waals surface area contributed by atoms with Crippen molar-refractivity contribution in [3.8, 4) is 5.75 Å². The van der Waals surface area contributed by atoms with Crippen LogP contribution < -0.4 is 4.74 Å². The third-order valence-electron chi connectivity index (χ3n) is 9.44. The van der Waals surface area contributed by atoms with E-state index in [0.717, 1.165) is 24.5 Å². The van der Waals surface area contributed by atoms with Gasteiger partial charge in [0.05, 0.1) is 18.1 Å². The van der Waals surface area contributed by atoms with E-state index in [9.17, 15) is 37.0 Å². The van der Waals surface area contributed by atoms with Crippen molar-refractivity contribution in [3.63, 3.8) is 0 Å². The van der Waals surface area contributed by atoms with Gasteiger partial charge in [0.25, 0.3) is 0 Å². The second kappa shape index (κ2) is 11.0. The molecule has 3 unspecified atom stereocenters. The lowest BCUT2D eigenvalue weighted by atomic mass is 9.79. The monoisotopic (exact) mass is 596 g/mol. The van der Waals surface area contributed by atoms with Gasteiger partial charge in [0.1, 0.15) is 24.4 Å². The van der Waals surface area contributed by atoms with E-state index in [4.69, 9.17) is 9.47 Å². The number of benzene rings is 2. The van der Waals surface area contributed by atoms with E-state index in [1.807, 2.05) is 0 Å². The second-order valence-corrected chi connectivity index (χ2v) is 12.0. The van der Waals surface area contributed by atoms with E-state index in [2.05, 4.69) is 4.90 Å². The summed E-state index contributed by atoms with van der Waals surface area (Å²) in [5.41, 5.74) is -1.27. The lowest BCUT2D eigenvalue weighted by molar-refractivity contribution is -0.232.